The Bertz CT molecular complexity index is 1190. The quantitative estimate of drug-likeness (QED) is 0.239. The van der Waals surface area contributed by atoms with Crippen LogP contribution in [0.15, 0.2) is 120 Å². The number of benzene rings is 4. The Kier molecular flexibility index (Phi) is 7.71. The number of aliphatic hydroxyl groups excluding tert-OH is 1. The minimum absolute atomic E-state index is 0.129. The van der Waals surface area contributed by atoms with Crippen LogP contribution in [0.3, 0.4) is 0 Å². The molecule has 4 aromatic rings. The molecule has 0 bridgehead atoms. The Labute approximate surface area is 223 Å². The summed E-state index contributed by atoms with van der Waals surface area (Å²) in [5.74, 6) is 0. The molecular weight excluding hydrogens is 506 g/mol. The Hall–Kier alpha value is -2.72. The number of piperidine rings is 1. The molecule has 0 amide bonds. The molecular formula is C33H34BrNO. The van der Waals surface area contributed by atoms with Crippen LogP contribution < -0.4 is 0 Å². The zero-order valence-corrected chi connectivity index (χ0v) is 22.3. The highest BCUT2D eigenvalue weighted by atomic mass is 79.9. The molecule has 36 heavy (non-hydrogen) atoms. The van der Waals surface area contributed by atoms with Crippen LogP contribution in [0.5, 0.6) is 0 Å². The van der Waals surface area contributed by atoms with E-state index in [-0.39, 0.29) is 17.4 Å². The third-order valence-corrected chi connectivity index (χ3v) is 8.86. The van der Waals surface area contributed by atoms with E-state index in [9.17, 15) is 5.11 Å². The molecule has 0 saturated carbocycles. The maximum absolute atomic E-state index is 10.4. The monoisotopic (exact) mass is 539 g/mol. The van der Waals surface area contributed by atoms with Gasteiger partial charge in [-0.1, -0.05) is 125 Å². The molecule has 1 N–H and O–H groups in total. The average Bonchev–Trinajstić information content (AvgIpc) is 2.96. The van der Waals surface area contributed by atoms with Gasteiger partial charge >= 0.3 is 0 Å². The molecule has 4 aromatic carbocycles. The van der Waals surface area contributed by atoms with Gasteiger partial charge in [0, 0.05) is 15.3 Å². The van der Waals surface area contributed by atoms with Gasteiger partial charge in [-0.05, 0) is 67.2 Å². The first-order valence-electron chi connectivity index (χ1n) is 12.9. The summed E-state index contributed by atoms with van der Waals surface area (Å²) in [6.45, 7) is 3.18. The average molecular weight is 541 g/mol. The van der Waals surface area contributed by atoms with Crippen molar-refractivity contribution in [1.29, 1.82) is 0 Å². The SMILES string of the molecule is OCC1(c2ccccc2)CCN(CCC(c2ccccc2)(c2ccccc2)c2ccccc2Br)CC1. The van der Waals surface area contributed by atoms with E-state index in [4.69, 9.17) is 0 Å². The van der Waals surface area contributed by atoms with Gasteiger partial charge < -0.3 is 10.0 Å². The normalized spacial score (nSPS) is 16.1. The highest BCUT2D eigenvalue weighted by Gasteiger charge is 2.40. The molecule has 1 heterocycles. The van der Waals surface area contributed by atoms with Crippen molar-refractivity contribution in [2.24, 2.45) is 0 Å². The fourth-order valence-electron chi connectivity index (χ4n) is 6.01. The highest BCUT2D eigenvalue weighted by Crippen LogP contribution is 2.45. The van der Waals surface area contributed by atoms with Crippen LogP contribution in [0.25, 0.3) is 0 Å². The number of hydrogen-bond donors (Lipinski definition) is 1. The lowest BCUT2D eigenvalue weighted by atomic mass is 9.67. The summed E-state index contributed by atoms with van der Waals surface area (Å²) in [4.78, 5) is 2.59. The van der Waals surface area contributed by atoms with E-state index in [0.29, 0.717) is 0 Å². The number of nitrogens with zero attached hydrogens (tertiary/aromatic N) is 1. The molecule has 184 valence electrons. The lowest BCUT2D eigenvalue weighted by Gasteiger charge is -2.43. The van der Waals surface area contributed by atoms with Gasteiger partial charge in [-0.15, -0.1) is 0 Å². The van der Waals surface area contributed by atoms with E-state index in [1.54, 1.807) is 0 Å². The van der Waals surface area contributed by atoms with Crippen molar-refractivity contribution < 1.29 is 5.11 Å². The van der Waals surface area contributed by atoms with Gasteiger partial charge in [0.25, 0.3) is 0 Å². The number of likely N-dealkylation sites (tertiary alicyclic amines) is 1. The molecule has 1 fully saturated rings. The summed E-state index contributed by atoms with van der Waals surface area (Å²) in [5.41, 5.74) is 4.80. The van der Waals surface area contributed by atoms with E-state index >= 15 is 0 Å². The predicted molar refractivity (Wildman–Crippen MR) is 152 cm³/mol. The van der Waals surface area contributed by atoms with E-state index < -0.39 is 0 Å². The molecule has 0 unspecified atom stereocenters. The Morgan fingerprint density at radius 2 is 1.19 bits per heavy atom. The van der Waals surface area contributed by atoms with Gasteiger partial charge in [-0.2, -0.15) is 0 Å². The Balaban J connectivity index is 1.47. The lowest BCUT2D eigenvalue weighted by Crippen LogP contribution is -2.46. The van der Waals surface area contributed by atoms with Gasteiger partial charge in [0.1, 0.15) is 0 Å². The molecule has 0 atom stereocenters. The van der Waals surface area contributed by atoms with Crippen LogP contribution in [-0.4, -0.2) is 36.2 Å². The third-order valence-electron chi connectivity index (χ3n) is 8.17. The fraction of sp³-hybridized carbons (Fsp3) is 0.273. The molecule has 5 rings (SSSR count). The fourth-order valence-corrected chi connectivity index (χ4v) is 6.64. The van der Waals surface area contributed by atoms with Crippen molar-refractivity contribution in [3.63, 3.8) is 0 Å². The smallest absolute Gasteiger partial charge is 0.0528 e. The second-order valence-electron chi connectivity index (χ2n) is 10.0. The van der Waals surface area contributed by atoms with Gasteiger partial charge in [0.2, 0.25) is 0 Å². The minimum atomic E-state index is -0.270. The third kappa shape index (κ3) is 4.80. The van der Waals surface area contributed by atoms with Gasteiger partial charge in [-0.3, -0.25) is 0 Å². The summed E-state index contributed by atoms with van der Waals surface area (Å²) in [7, 11) is 0. The van der Waals surface area contributed by atoms with Gasteiger partial charge in [0.05, 0.1) is 6.61 Å². The van der Waals surface area contributed by atoms with Crippen molar-refractivity contribution in [2.75, 3.05) is 26.2 Å². The number of hydrogen-bond acceptors (Lipinski definition) is 2. The molecule has 2 nitrogen and oxygen atoms in total. The van der Waals surface area contributed by atoms with Crippen LogP contribution in [0.1, 0.15) is 41.5 Å². The van der Waals surface area contributed by atoms with Crippen molar-refractivity contribution in [3.8, 4) is 0 Å². The first-order chi connectivity index (χ1) is 17.7. The van der Waals surface area contributed by atoms with Gasteiger partial charge in [-0.25, -0.2) is 0 Å². The van der Waals surface area contributed by atoms with Crippen molar-refractivity contribution in [1.82, 2.24) is 4.90 Å². The topological polar surface area (TPSA) is 23.5 Å². The molecule has 0 radical (unpaired) electrons. The molecule has 1 aliphatic heterocycles. The largest absolute Gasteiger partial charge is 0.395 e. The van der Waals surface area contributed by atoms with Crippen molar-refractivity contribution in [2.45, 2.75) is 30.1 Å². The lowest BCUT2D eigenvalue weighted by molar-refractivity contribution is 0.0983. The molecule has 3 heteroatoms. The standard InChI is InChI=1S/C33H34BrNO/c34-31-19-11-10-18-30(31)33(28-14-6-2-7-15-28,29-16-8-3-9-17-29)22-25-35-23-20-32(26-36,21-24-35)27-12-4-1-5-13-27/h1-19,36H,20-26H2. The molecule has 1 aliphatic rings. The first-order valence-corrected chi connectivity index (χ1v) is 13.7. The zero-order valence-electron chi connectivity index (χ0n) is 20.7. The van der Waals surface area contributed by atoms with Crippen LogP contribution in [0.4, 0.5) is 0 Å². The van der Waals surface area contributed by atoms with Crippen LogP contribution in [0.2, 0.25) is 0 Å². The van der Waals surface area contributed by atoms with Crippen molar-refractivity contribution >= 4 is 15.9 Å². The van der Waals surface area contributed by atoms with E-state index in [0.717, 1.165) is 43.4 Å². The highest BCUT2D eigenvalue weighted by molar-refractivity contribution is 9.10. The van der Waals surface area contributed by atoms with E-state index in [1.807, 2.05) is 0 Å². The van der Waals surface area contributed by atoms with E-state index in [1.165, 1.54) is 22.3 Å². The maximum atomic E-state index is 10.4. The summed E-state index contributed by atoms with van der Waals surface area (Å²) >= 11 is 3.90. The summed E-state index contributed by atoms with van der Waals surface area (Å²) in [6.07, 6.45) is 2.93. The van der Waals surface area contributed by atoms with E-state index in [2.05, 4.69) is 136 Å². The zero-order chi connectivity index (χ0) is 24.8. The maximum Gasteiger partial charge on any atom is 0.0528 e. The van der Waals surface area contributed by atoms with Crippen LogP contribution in [0, 0.1) is 0 Å². The predicted octanol–water partition coefficient (Wildman–Crippen LogP) is 7.20. The number of rotatable bonds is 8. The Morgan fingerprint density at radius 3 is 1.72 bits per heavy atom. The Morgan fingerprint density at radius 1 is 0.694 bits per heavy atom. The molecule has 0 spiro atoms. The second kappa shape index (κ2) is 11.1. The van der Waals surface area contributed by atoms with Gasteiger partial charge in [0.15, 0.2) is 0 Å². The summed E-state index contributed by atoms with van der Waals surface area (Å²) in [6, 6.07) is 41.2. The molecule has 0 aromatic heterocycles. The summed E-state index contributed by atoms with van der Waals surface area (Å²) in [5, 5.41) is 10.4. The number of halogens is 1. The summed E-state index contributed by atoms with van der Waals surface area (Å²) < 4.78 is 1.14. The first kappa shape index (κ1) is 25.0. The van der Waals surface area contributed by atoms with Crippen LogP contribution in [-0.2, 0) is 10.8 Å². The number of aliphatic hydroxyl groups is 1. The van der Waals surface area contributed by atoms with Crippen molar-refractivity contribution in [3.05, 3.63) is 142 Å². The second-order valence-corrected chi connectivity index (χ2v) is 10.9. The van der Waals surface area contributed by atoms with Crippen LogP contribution >= 0.6 is 15.9 Å². The minimum Gasteiger partial charge on any atom is -0.395 e. The molecule has 1 saturated heterocycles. The molecule has 0 aliphatic carbocycles.